The van der Waals surface area contributed by atoms with E-state index in [1.807, 2.05) is 19.1 Å². The van der Waals surface area contributed by atoms with Crippen LogP contribution in [0.1, 0.15) is 26.2 Å². The lowest BCUT2D eigenvalue weighted by molar-refractivity contribution is -0.122. The van der Waals surface area contributed by atoms with Gasteiger partial charge < -0.3 is 10.1 Å². The zero-order valence-corrected chi connectivity index (χ0v) is 13.2. The molecule has 23 heavy (non-hydrogen) atoms. The SMILES string of the molecule is C[C@@H](NC(=O)CCn1cnc2ccccc2c1=O)[C@H]1CCCO1. The summed E-state index contributed by atoms with van der Waals surface area (Å²) in [6, 6.07) is 7.21. The number of amides is 1. The van der Waals surface area contributed by atoms with Crippen molar-refractivity contribution in [3.8, 4) is 0 Å². The number of nitrogens with zero attached hydrogens (tertiary/aromatic N) is 2. The minimum Gasteiger partial charge on any atom is -0.376 e. The van der Waals surface area contributed by atoms with Gasteiger partial charge in [-0.25, -0.2) is 4.98 Å². The predicted octanol–water partition coefficient (Wildman–Crippen LogP) is 1.47. The number of hydrogen-bond donors (Lipinski definition) is 1. The van der Waals surface area contributed by atoms with Crippen LogP contribution < -0.4 is 10.9 Å². The van der Waals surface area contributed by atoms with Crippen LogP contribution in [0.25, 0.3) is 10.9 Å². The van der Waals surface area contributed by atoms with Gasteiger partial charge in [-0.3, -0.25) is 14.2 Å². The van der Waals surface area contributed by atoms with Crippen LogP contribution in [-0.4, -0.2) is 34.2 Å². The van der Waals surface area contributed by atoms with E-state index in [9.17, 15) is 9.59 Å². The highest BCUT2D eigenvalue weighted by Gasteiger charge is 2.23. The number of carbonyl (C=O) groups excluding carboxylic acids is 1. The minimum atomic E-state index is -0.115. The van der Waals surface area contributed by atoms with Gasteiger partial charge in [0, 0.05) is 19.6 Å². The number of aromatic nitrogens is 2. The Hall–Kier alpha value is -2.21. The van der Waals surface area contributed by atoms with Crippen LogP contribution in [0.2, 0.25) is 0 Å². The summed E-state index contributed by atoms with van der Waals surface area (Å²) < 4.78 is 7.05. The third-order valence-electron chi connectivity index (χ3n) is 4.22. The van der Waals surface area contributed by atoms with Gasteiger partial charge in [-0.2, -0.15) is 0 Å². The zero-order valence-electron chi connectivity index (χ0n) is 13.2. The maximum atomic E-state index is 12.3. The fourth-order valence-electron chi connectivity index (χ4n) is 2.90. The Labute approximate surface area is 134 Å². The topological polar surface area (TPSA) is 73.2 Å². The van der Waals surface area contributed by atoms with Gasteiger partial charge in [-0.15, -0.1) is 0 Å². The van der Waals surface area contributed by atoms with Crippen LogP contribution >= 0.6 is 0 Å². The molecule has 0 unspecified atom stereocenters. The first-order valence-electron chi connectivity index (χ1n) is 8.00. The van der Waals surface area contributed by atoms with E-state index in [0.29, 0.717) is 17.4 Å². The lowest BCUT2D eigenvalue weighted by Crippen LogP contribution is -2.41. The summed E-state index contributed by atoms with van der Waals surface area (Å²) in [7, 11) is 0. The smallest absolute Gasteiger partial charge is 0.261 e. The van der Waals surface area contributed by atoms with Gasteiger partial charge in [-0.1, -0.05) is 12.1 Å². The van der Waals surface area contributed by atoms with E-state index < -0.39 is 0 Å². The number of carbonyl (C=O) groups is 1. The number of para-hydroxylation sites is 1. The van der Waals surface area contributed by atoms with Crippen molar-refractivity contribution < 1.29 is 9.53 Å². The maximum Gasteiger partial charge on any atom is 0.261 e. The minimum absolute atomic E-state index is 0.00329. The van der Waals surface area contributed by atoms with E-state index in [0.717, 1.165) is 19.4 Å². The summed E-state index contributed by atoms with van der Waals surface area (Å²) in [5, 5.41) is 3.52. The first-order valence-corrected chi connectivity index (χ1v) is 8.00. The molecule has 1 N–H and O–H groups in total. The third kappa shape index (κ3) is 3.59. The molecular formula is C17H21N3O3. The van der Waals surface area contributed by atoms with Crippen LogP contribution in [-0.2, 0) is 16.1 Å². The van der Waals surface area contributed by atoms with Gasteiger partial charge in [0.1, 0.15) is 0 Å². The fourth-order valence-corrected chi connectivity index (χ4v) is 2.90. The molecule has 1 aliphatic rings. The highest BCUT2D eigenvalue weighted by atomic mass is 16.5. The molecule has 2 atom stereocenters. The first kappa shape index (κ1) is 15.7. The molecule has 0 aliphatic carbocycles. The van der Waals surface area contributed by atoms with Crippen LogP contribution in [0.4, 0.5) is 0 Å². The van der Waals surface area contributed by atoms with Gasteiger partial charge >= 0.3 is 0 Å². The van der Waals surface area contributed by atoms with Crippen LogP contribution in [0.3, 0.4) is 0 Å². The van der Waals surface area contributed by atoms with Gasteiger partial charge in [0.05, 0.1) is 29.4 Å². The number of aryl methyl sites for hydroxylation is 1. The monoisotopic (exact) mass is 315 g/mol. The number of hydrogen-bond acceptors (Lipinski definition) is 4. The molecule has 0 spiro atoms. The van der Waals surface area contributed by atoms with Crippen molar-refractivity contribution >= 4 is 16.8 Å². The van der Waals surface area contributed by atoms with E-state index in [2.05, 4.69) is 10.3 Å². The van der Waals surface area contributed by atoms with Gasteiger partial charge in [0.15, 0.2) is 0 Å². The zero-order chi connectivity index (χ0) is 16.2. The van der Waals surface area contributed by atoms with E-state index in [1.165, 1.54) is 10.9 Å². The Bertz CT molecular complexity index is 750. The molecule has 0 radical (unpaired) electrons. The second-order valence-corrected chi connectivity index (χ2v) is 5.92. The van der Waals surface area contributed by atoms with Crippen molar-refractivity contribution in [3.05, 3.63) is 40.9 Å². The van der Waals surface area contributed by atoms with Crippen molar-refractivity contribution in [1.82, 2.24) is 14.9 Å². The summed E-state index contributed by atoms with van der Waals surface area (Å²) in [4.78, 5) is 28.7. The molecule has 2 aromatic rings. The average Bonchev–Trinajstić information content (AvgIpc) is 3.09. The van der Waals surface area contributed by atoms with Crippen molar-refractivity contribution in [2.75, 3.05) is 6.61 Å². The average molecular weight is 315 g/mol. The largest absolute Gasteiger partial charge is 0.376 e. The van der Waals surface area contributed by atoms with Gasteiger partial charge in [0.25, 0.3) is 5.56 Å². The number of benzene rings is 1. The molecular weight excluding hydrogens is 294 g/mol. The number of ether oxygens (including phenoxy) is 1. The Kier molecular flexibility index (Phi) is 4.71. The lowest BCUT2D eigenvalue weighted by atomic mass is 10.1. The van der Waals surface area contributed by atoms with Gasteiger partial charge in [-0.05, 0) is 31.9 Å². The number of rotatable bonds is 5. The Morgan fingerprint density at radius 3 is 3.09 bits per heavy atom. The van der Waals surface area contributed by atoms with Crippen molar-refractivity contribution in [2.45, 2.75) is 44.9 Å². The van der Waals surface area contributed by atoms with Crippen molar-refractivity contribution in [2.24, 2.45) is 0 Å². The van der Waals surface area contributed by atoms with Gasteiger partial charge in [0.2, 0.25) is 5.91 Å². The summed E-state index contributed by atoms with van der Waals surface area (Å²) in [6.07, 6.45) is 3.88. The van der Waals surface area contributed by atoms with Crippen LogP contribution in [0.5, 0.6) is 0 Å². The van der Waals surface area contributed by atoms with Crippen molar-refractivity contribution in [3.63, 3.8) is 0 Å². The summed E-state index contributed by atoms with van der Waals surface area (Å²) in [6.45, 7) is 3.04. The maximum absolute atomic E-state index is 12.3. The molecule has 1 saturated heterocycles. The molecule has 1 aliphatic heterocycles. The highest BCUT2D eigenvalue weighted by molar-refractivity contribution is 5.77. The molecule has 0 bridgehead atoms. The van der Waals surface area contributed by atoms with Crippen molar-refractivity contribution in [1.29, 1.82) is 0 Å². The molecule has 3 rings (SSSR count). The molecule has 1 aromatic heterocycles. The molecule has 2 heterocycles. The van der Waals surface area contributed by atoms with E-state index >= 15 is 0 Å². The normalized spacial score (nSPS) is 18.9. The quantitative estimate of drug-likeness (QED) is 0.907. The number of nitrogens with one attached hydrogen (secondary N) is 1. The van der Waals surface area contributed by atoms with Crippen LogP contribution in [0.15, 0.2) is 35.4 Å². The van der Waals surface area contributed by atoms with E-state index in [4.69, 9.17) is 4.74 Å². The second-order valence-electron chi connectivity index (χ2n) is 5.92. The highest BCUT2D eigenvalue weighted by Crippen LogP contribution is 2.15. The molecule has 1 fully saturated rings. The summed E-state index contributed by atoms with van der Waals surface area (Å²) >= 11 is 0. The predicted molar refractivity (Wildman–Crippen MR) is 87.2 cm³/mol. The Morgan fingerprint density at radius 1 is 1.48 bits per heavy atom. The first-order chi connectivity index (χ1) is 11.1. The molecule has 122 valence electrons. The van der Waals surface area contributed by atoms with E-state index in [-0.39, 0.29) is 30.0 Å². The summed E-state index contributed by atoms with van der Waals surface area (Å²) in [5.41, 5.74) is 0.556. The standard InChI is InChI=1S/C17H21N3O3/c1-12(15-7-4-10-23-15)19-16(21)8-9-20-11-18-14-6-3-2-5-13(14)17(20)22/h2-3,5-6,11-12,15H,4,7-10H2,1H3,(H,19,21)/t12-,15-/m1/s1. The molecule has 1 aromatic carbocycles. The number of fused-ring (bicyclic) bond motifs is 1. The summed E-state index contributed by atoms with van der Waals surface area (Å²) in [5.74, 6) is -0.0759. The Morgan fingerprint density at radius 2 is 2.30 bits per heavy atom. The molecule has 1 amide bonds. The lowest BCUT2D eigenvalue weighted by Gasteiger charge is -2.20. The fraction of sp³-hybridized carbons (Fsp3) is 0.471. The molecule has 0 saturated carbocycles. The van der Waals surface area contributed by atoms with Crippen LogP contribution in [0, 0.1) is 0 Å². The Balaban J connectivity index is 1.60. The third-order valence-corrected chi connectivity index (χ3v) is 4.22. The molecule has 6 nitrogen and oxygen atoms in total. The molecule has 6 heteroatoms. The second kappa shape index (κ2) is 6.91. The van der Waals surface area contributed by atoms with E-state index in [1.54, 1.807) is 12.1 Å².